The lowest BCUT2D eigenvalue weighted by Crippen LogP contribution is -2.62. The maximum atomic E-state index is 13.2. The molecule has 0 amide bonds. The lowest BCUT2D eigenvalue weighted by molar-refractivity contribution is -0.154. The lowest BCUT2D eigenvalue weighted by atomic mass is 9.69. The zero-order chi connectivity index (χ0) is 10.1. The zero-order valence-corrected chi connectivity index (χ0v) is 8.05. The van der Waals surface area contributed by atoms with Crippen LogP contribution < -0.4 is 5.73 Å². The first-order valence-corrected chi connectivity index (χ1v) is 4.54. The summed E-state index contributed by atoms with van der Waals surface area (Å²) in [6, 6.07) is 0. The Morgan fingerprint density at radius 2 is 2.23 bits per heavy atom. The van der Waals surface area contributed by atoms with Gasteiger partial charge in [0.15, 0.2) is 0 Å². The third-order valence-electron chi connectivity index (χ3n) is 2.98. The van der Waals surface area contributed by atoms with Crippen LogP contribution in [0.3, 0.4) is 0 Å². The van der Waals surface area contributed by atoms with Crippen LogP contribution in [0.25, 0.3) is 0 Å². The van der Waals surface area contributed by atoms with Gasteiger partial charge in [0, 0.05) is 0 Å². The first kappa shape index (κ1) is 10.4. The van der Waals surface area contributed by atoms with Gasteiger partial charge in [0.2, 0.25) is 0 Å². The van der Waals surface area contributed by atoms with Gasteiger partial charge in [-0.3, -0.25) is 0 Å². The Morgan fingerprint density at radius 1 is 1.69 bits per heavy atom. The lowest BCUT2D eigenvalue weighted by Gasteiger charge is -2.41. The van der Waals surface area contributed by atoms with Crippen molar-refractivity contribution in [2.24, 2.45) is 11.7 Å². The molecule has 1 aliphatic carbocycles. The molecule has 1 fully saturated rings. The Kier molecular flexibility index (Phi) is 2.91. The van der Waals surface area contributed by atoms with Crippen LogP contribution >= 0.6 is 0 Å². The Bertz CT molecular complexity index is 204. The Morgan fingerprint density at radius 3 is 2.46 bits per heavy atom. The van der Waals surface area contributed by atoms with Gasteiger partial charge in [0.1, 0.15) is 11.7 Å². The van der Waals surface area contributed by atoms with Crippen LogP contribution in [0.15, 0.2) is 0 Å². The standard InChI is InChI=1S/C9H16FNO2/c1-6(10)9(11,8(12)13-2)7-4-3-5-7/h6-7H,3-5,11H2,1-2H3. The summed E-state index contributed by atoms with van der Waals surface area (Å²) in [5, 5.41) is 0. The van der Waals surface area contributed by atoms with E-state index < -0.39 is 17.7 Å². The van der Waals surface area contributed by atoms with Crippen molar-refractivity contribution >= 4 is 5.97 Å². The van der Waals surface area contributed by atoms with Gasteiger partial charge >= 0.3 is 5.97 Å². The average molecular weight is 189 g/mol. The van der Waals surface area contributed by atoms with Crippen molar-refractivity contribution in [2.75, 3.05) is 7.11 Å². The SMILES string of the molecule is COC(=O)C(N)(C(C)F)C1CCC1. The molecule has 76 valence electrons. The molecule has 4 heteroatoms. The highest BCUT2D eigenvalue weighted by Crippen LogP contribution is 2.38. The quantitative estimate of drug-likeness (QED) is 0.674. The number of hydrogen-bond acceptors (Lipinski definition) is 3. The molecule has 0 heterocycles. The number of alkyl halides is 1. The molecule has 0 spiro atoms. The molecule has 0 radical (unpaired) electrons. The van der Waals surface area contributed by atoms with Crippen LogP contribution in [0.2, 0.25) is 0 Å². The number of ether oxygens (including phenoxy) is 1. The molecule has 2 atom stereocenters. The van der Waals surface area contributed by atoms with Crippen LogP contribution in [0.4, 0.5) is 4.39 Å². The predicted octanol–water partition coefficient (Wildman–Crippen LogP) is 1.01. The normalized spacial score (nSPS) is 24.3. The molecule has 0 aromatic heterocycles. The Hall–Kier alpha value is -0.640. The van der Waals surface area contributed by atoms with Crippen LogP contribution in [0, 0.1) is 5.92 Å². The highest BCUT2D eigenvalue weighted by atomic mass is 19.1. The molecule has 0 aromatic rings. The summed E-state index contributed by atoms with van der Waals surface area (Å²) >= 11 is 0. The number of carbonyl (C=O) groups is 1. The number of methoxy groups -OCH3 is 1. The largest absolute Gasteiger partial charge is 0.468 e. The summed E-state index contributed by atoms with van der Waals surface area (Å²) in [5.74, 6) is -0.688. The van der Waals surface area contributed by atoms with Gasteiger partial charge in [-0.25, -0.2) is 9.18 Å². The van der Waals surface area contributed by atoms with Gasteiger partial charge in [0.25, 0.3) is 0 Å². The molecule has 0 aliphatic heterocycles. The van der Waals surface area contributed by atoms with Crippen molar-refractivity contribution in [1.82, 2.24) is 0 Å². The van der Waals surface area contributed by atoms with E-state index in [2.05, 4.69) is 4.74 Å². The van der Waals surface area contributed by atoms with Crippen molar-refractivity contribution in [3.05, 3.63) is 0 Å². The molecule has 1 aliphatic rings. The van der Waals surface area contributed by atoms with E-state index in [9.17, 15) is 9.18 Å². The third kappa shape index (κ3) is 1.55. The van der Waals surface area contributed by atoms with E-state index in [4.69, 9.17) is 5.73 Å². The molecule has 0 saturated heterocycles. The second kappa shape index (κ2) is 3.62. The molecule has 2 N–H and O–H groups in total. The molecule has 1 rings (SSSR count). The van der Waals surface area contributed by atoms with Crippen LogP contribution in [-0.4, -0.2) is 24.8 Å². The van der Waals surface area contributed by atoms with Gasteiger partial charge in [-0.2, -0.15) is 0 Å². The summed E-state index contributed by atoms with van der Waals surface area (Å²) in [7, 11) is 1.24. The first-order valence-electron chi connectivity index (χ1n) is 4.54. The molecule has 3 nitrogen and oxygen atoms in total. The van der Waals surface area contributed by atoms with E-state index in [0.717, 1.165) is 19.3 Å². The highest BCUT2D eigenvalue weighted by Gasteiger charge is 2.50. The molecular weight excluding hydrogens is 173 g/mol. The van der Waals surface area contributed by atoms with Crippen LogP contribution in [0.1, 0.15) is 26.2 Å². The maximum absolute atomic E-state index is 13.2. The van der Waals surface area contributed by atoms with Gasteiger partial charge < -0.3 is 10.5 Å². The number of nitrogens with two attached hydrogens (primary N) is 1. The summed E-state index contributed by atoms with van der Waals surface area (Å²) in [6.07, 6.45) is 1.30. The van der Waals surface area contributed by atoms with E-state index >= 15 is 0 Å². The molecule has 1 saturated carbocycles. The van der Waals surface area contributed by atoms with Crippen LogP contribution in [0.5, 0.6) is 0 Å². The number of carbonyl (C=O) groups excluding carboxylic acids is 1. The third-order valence-corrected chi connectivity index (χ3v) is 2.98. The first-order chi connectivity index (χ1) is 6.03. The van der Waals surface area contributed by atoms with Crippen molar-refractivity contribution in [3.8, 4) is 0 Å². The number of rotatable bonds is 3. The Labute approximate surface area is 77.4 Å². The second-order valence-corrected chi connectivity index (χ2v) is 3.67. The summed E-state index contributed by atoms with van der Waals surface area (Å²) in [4.78, 5) is 11.3. The van der Waals surface area contributed by atoms with Gasteiger partial charge in [-0.1, -0.05) is 6.42 Å². The number of hydrogen-bond donors (Lipinski definition) is 1. The Balaban J connectivity index is 2.79. The van der Waals surface area contributed by atoms with Crippen molar-refractivity contribution < 1.29 is 13.9 Å². The van der Waals surface area contributed by atoms with Crippen LogP contribution in [-0.2, 0) is 9.53 Å². The smallest absolute Gasteiger partial charge is 0.329 e. The minimum Gasteiger partial charge on any atom is -0.468 e. The fraction of sp³-hybridized carbons (Fsp3) is 0.889. The van der Waals surface area contributed by atoms with E-state index in [1.54, 1.807) is 0 Å². The van der Waals surface area contributed by atoms with Crippen molar-refractivity contribution in [3.63, 3.8) is 0 Å². The fourth-order valence-corrected chi connectivity index (χ4v) is 1.72. The zero-order valence-electron chi connectivity index (χ0n) is 8.05. The van der Waals surface area contributed by atoms with E-state index in [1.165, 1.54) is 14.0 Å². The minimum atomic E-state index is -1.42. The average Bonchev–Trinajstić information content (AvgIpc) is 1.99. The number of halogens is 1. The fourth-order valence-electron chi connectivity index (χ4n) is 1.72. The van der Waals surface area contributed by atoms with Crippen molar-refractivity contribution in [2.45, 2.75) is 37.9 Å². The van der Waals surface area contributed by atoms with E-state index in [-0.39, 0.29) is 5.92 Å². The number of esters is 1. The molecule has 0 aromatic carbocycles. The predicted molar refractivity (Wildman–Crippen MR) is 46.8 cm³/mol. The minimum absolute atomic E-state index is 0.0556. The van der Waals surface area contributed by atoms with Gasteiger partial charge in [-0.05, 0) is 25.7 Å². The molecule has 0 bridgehead atoms. The topological polar surface area (TPSA) is 52.3 Å². The molecule has 13 heavy (non-hydrogen) atoms. The van der Waals surface area contributed by atoms with E-state index in [0.29, 0.717) is 0 Å². The van der Waals surface area contributed by atoms with Crippen molar-refractivity contribution in [1.29, 1.82) is 0 Å². The van der Waals surface area contributed by atoms with Gasteiger partial charge in [-0.15, -0.1) is 0 Å². The maximum Gasteiger partial charge on any atom is 0.329 e. The van der Waals surface area contributed by atoms with E-state index in [1.807, 2.05) is 0 Å². The van der Waals surface area contributed by atoms with Gasteiger partial charge in [0.05, 0.1) is 7.11 Å². The monoisotopic (exact) mass is 189 g/mol. The molecular formula is C9H16FNO2. The highest BCUT2D eigenvalue weighted by molar-refractivity contribution is 5.82. The molecule has 2 unspecified atom stereocenters. The summed E-state index contributed by atoms with van der Waals surface area (Å²) < 4.78 is 17.8. The summed E-state index contributed by atoms with van der Waals surface area (Å²) in [6.45, 7) is 1.31. The second-order valence-electron chi connectivity index (χ2n) is 3.67. The summed E-state index contributed by atoms with van der Waals surface area (Å²) in [5.41, 5.74) is 4.33.